The molecule has 0 bridgehead atoms. The number of aromatic nitrogens is 2. The van der Waals surface area contributed by atoms with E-state index in [0.29, 0.717) is 17.9 Å². The number of ether oxygens (including phenoxy) is 1. The predicted octanol–water partition coefficient (Wildman–Crippen LogP) is 2.55. The zero-order valence-corrected chi connectivity index (χ0v) is 13.0. The van der Waals surface area contributed by atoms with Crippen LogP contribution in [0, 0.1) is 12.8 Å². The minimum absolute atomic E-state index is 0.342. The van der Waals surface area contributed by atoms with Crippen molar-refractivity contribution in [2.75, 3.05) is 12.4 Å². The van der Waals surface area contributed by atoms with E-state index in [1.54, 1.807) is 7.11 Å². The fourth-order valence-corrected chi connectivity index (χ4v) is 2.60. The maximum atomic E-state index is 6.17. The Morgan fingerprint density at radius 2 is 2.19 bits per heavy atom. The third-order valence-corrected chi connectivity index (χ3v) is 3.91. The summed E-state index contributed by atoms with van der Waals surface area (Å²) in [5.74, 6) is 2.51. The number of allylic oxidation sites excluding steroid dienone is 1. The van der Waals surface area contributed by atoms with Crippen LogP contribution < -0.4 is 11.1 Å². The van der Waals surface area contributed by atoms with Crippen LogP contribution in [-0.2, 0) is 4.74 Å². The summed E-state index contributed by atoms with van der Waals surface area (Å²) in [4.78, 5) is 4.52. The molecule has 0 atom stereocenters. The number of anilines is 1. The van der Waals surface area contributed by atoms with Crippen LogP contribution in [0.25, 0.3) is 0 Å². The fraction of sp³-hybridized carbons (Fsp3) is 0.600. The quantitative estimate of drug-likeness (QED) is 0.574. The molecule has 21 heavy (non-hydrogen) atoms. The van der Waals surface area contributed by atoms with Crippen molar-refractivity contribution in [3.05, 3.63) is 23.7 Å². The van der Waals surface area contributed by atoms with Gasteiger partial charge in [0.25, 0.3) is 0 Å². The lowest BCUT2D eigenvalue weighted by Crippen LogP contribution is -2.30. The number of nitrogens with two attached hydrogens (primary N) is 1. The van der Waals surface area contributed by atoms with Gasteiger partial charge in [-0.05, 0) is 45.6 Å². The zero-order chi connectivity index (χ0) is 15.2. The summed E-state index contributed by atoms with van der Waals surface area (Å²) in [6.07, 6.45) is 6.44. The first kappa shape index (κ1) is 15.6. The van der Waals surface area contributed by atoms with Gasteiger partial charge in [0.1, 0.15) is 11.7 Å². The minimum atomic E-state index is 0.342. The van der Waals surface area contributed by atoms with E-state index in [2.05, 4.69) is 20.5 Å². The molecule has 6 heteroatoms. The molecule has 0 spiro atoms. The number of rotatable bonds is 5. The lowest BCUT2D eigenvalue weighted by Gasteiger charge is -2.27. The first-order chi connectivity index (χ1) is 10.1. The lowest BCUT2D eigenvalue weighted by molar-refractivity contribution is 0.0646. The van der Waals surface area contributed by atoms with Gasteiger partial charge in [-0.15, -0.1) is 0 Å². The average Bonchev–Trinajstić information content (AvgIpc) is 2.91. The van der Waals surface area contributed by atoms with E-state index in [1.165, 1.54) is 0 Å². The first-order valence-corrected chi connectivity index (χ1v) is 7.44. The fourth-order valence-electron chi connectivity index (χ4n) is 2.60. The van der Waals surface area contributed by atoms with Crippen molar-refractivity contribution < 1.29 is 4.74 Å². The summed E-state index contributed by atoms with van der Waals surface area (Å²) in [7, 11) is 1.77. The van der Waals surface area contributed by atoms with Gasteiger partial charge < -0.3 is 15.8 Å². The van der Waals surface area contributed by atoms with Crippen LogP contribution in [0.2, 0.25) is 0 Å². The topological polar surface area (TPSA) is 88.3 Å². The van der Waals surface area contributed by atoms with E-state index < -0.39 is 0 Å². The molecule has 1 saturated carbocycles. The Kier molecular flexibility index (Phi) is 5.38. The molecule has 0 amide bonds. The number of hydrogen-bond donors (Lipinski definition) is 3. The Morgan fingerprint density at radius 3 is 2.71 bits per heavy atom. The van der Waals surface area contributed by atoms with Crippen molar-refractivity contribution in [1.82, 2.24) is 10.2 Å². The third-order valence-electron chi connectivity index (χ3n) is 3.91. The number of hydrogen-bond acceptors (Lipinski definition) is 4. The number of H-pyrrole nitrogens is 1. The monoisotopic (exact) mass is 291 g/mol. The van der Waals surface area contributed by atoms with E-state index in [0.717, 1.165) is 43.0 Å². The van der Waals surface area contributed by atoms with E-state index in [1.807, 2.05) is 26.0 Å². The van der Waals surface area contributed by atoms with Crippen molar-refractivity contribution >= 4 is 11.7 Å². The summed E-state index contributed by atoms with van der Waals surface area (Å²) in [6, 6.07) is 1.93. The number of aryl methyl sites for hydroxylation is 1. The average molecular weight is 291 g/mol. The molecule has 1 aromatic heterocycles. The summed E-state index contributed by atoms with van der Waals surface area (Å²) < 4.78 is 5.39. The lowest BCUT2D eigenvalue weighted by atomic mass is 9.86. The molecule has 0 saturated heterocycles. The van der Waals surface area contributed by atoms with Crippen LogP contribution >= 0.6 is 0 Å². The van der Waals surface area contributed by atoms with Gasteiger partial charge >= 0.3 is 0 Å². The Labute approximate surface area is 125 Å². The van der Waals surface area contributed by atoms with Gasteiger partial charge in [-0.2, -0.15) is 5.10 Å². The molecule has 1 fully saturated rings. The van der Waals surface area contributed by atoms with Crippen molar-refractivity contribution in [3.63, 3.8) is 0 Å². The summed E-state index contributed by atoms with van der Waals surface area (Å²) in [5, 5.41) is 10.2. The number of methoxy groups -OCH3 is 1. The number of nitrogens with zero attached hydrogens (tertiary/aromatic N) is 2. The molecule has 1 aliphatic rings. The minimum Gasteiger partial charge on any atom is -0.387 e. The highest BCUT2D eigenvalue weighted by Gasteiger charge is 2.23. The predicted molar refractivity (Wildman–Crippen MR) is 85.1 cm³/mol. The molecule has 1 heterocycles. The van der Waals surface area contributed by atoms with Gasteiger partial charge in [0.2, 0.25) is 0 Å². The largest absolute Gasteiger partial charge is 0.387 e. The molecule has 0 unspecified atom stereocenters. The van der Waals surface area contributed by atoms with Gasteiger partial charge in [-0.25, -0.2) is 4.99 Å². The van der Waals surface area contributed by atoms with Crippen LogP contribution in [0.4, 0.5) is 5.82 Å². The van der Waals surface area contributed by atoms with Gasteiger partial charge in [-0.1, -0.05) is 0 Å². The van der Waals surface area contributed by atoms with Crippen molar-refractivity contribution in [2.45, 2.75) is 45.6 Å². The molecule has 1 aromatic rings. The molecular formula is C15H25N5O. The molecule has 0 aromatic carbocycles. The number of aromatic amines is 1. The maximum Gasteiger partial charge on any atom is 0.153 e. The third kappa shape index (κ3) is 4.32. The molecular weight excluding hydrogens is 266 g/mol. The molecule has 6 nitrogen and oxygen atoms in total. The van der Waals surface area contributed by atoms with Crippen LogP contribution in [0.5, 0.6) is 0 Å². The van der Waals surface area contributed by atoms with Crippen LogP contribution in [0.15, 0.2) is 23.0 Å². The molecule has 0 radical (unpaired) electrons. The highest BCUT2D eigenvalue weighted by atomic mass is 16.5. The van der Waals surface area contributed by atoms with Crippen molar-refractivity contribution in [2.24, 2.45) is 16.6 Å². The molecule has 1 aliphatic carbocycles. The highest BCUT2D eigenvalue weighted by molar-refractivity contribution is 5.84. The smallest absolute Gasteiger partial charge is 0.153 e. The normalized spacial score (nSPS) is 24.1. The van der Waals surface area contributed by atoms with Crippen LogP contribution in [0.3, 0.4) is 0 Å². The summed E-state index contributed by atoms with van der Waals surface area (Å²) in [6.45, 7) is 3.89. The Morgan fingerprint density at radius 1 is 1.48 bits per heavy atom. The molecule has 2 rings (SSSR count). The van der Waals surface area contributed by atoms with Gasteiger partial charge in [-0.3, -0.25) is 5.10 Å². The van der Waals surface area contributed by atoms with Crippen LogP contribution in [0.1, 0.15) is 38.3 Å². The second-order valence-electron chi connectivity index (χ2n) is 5.48. The molecule has 4 N–H and O–H groups in total. The van der Waals surface area contributed by atoms with E-state index >= 15 is 0 Å². The van der Waals surface area contributed by atoms with Gasteiger partial charge in [0.15, 0.2) is 5.82 Å². The van der Waals surface area contributed by atoms with Gasteiger partial charge in [0.05, 0.1) is 6.10 Å². The zero-order valence-electron chi connectivity index (χ0n) is 13.0. The summed E-state index contributed by atoms with van der Waals surface area (Å²) >= 11 is 0. The summed E-state index contributed by atoms with van der Waals surface area (Å²) in [5.41, 5.74) is 7.17. The van der Waals surface area contributed by atoms with Crippen LogP contribution in [-0.4, -0.2) is 29.2 Å². The SMILES string of the molecule is C/C=C(/N=C(N)C1CCC(OC)CC1)Nc1cc(C)[nH]n1. The Bertz CT molecular complexity index is 512. The number of aliphatic imine (C=N–C) groups is 1. The molecule has 116 valence electrons. The molecule has 0 aliphatic heterocycles. The Balaban J connectivity index is 1.96. The van der Waals surface area contributed by atoms with E-state index in [4.69, 9.17) is 10.5 Å². The first-order valence-electron chi connectivity index (χ1n) is 7.44. The van der Waals surface area contributed by atoms with E-state index in [9.17, 15) is 0 Å². The van der Waals surface area contributed by atoms with Crippen molar-refractivity contribution in [3.8, 4) is 0 Å². The Hall–Kier alpha value is -1.82. The van der Waals surface area contributed by atoms with E-state index in [-0.39, 0.29) is 0 Å². The standard InChI is InChI=1S/C15H25N5O/c1-4-13(17-14-9-10(2)19-20-14)18-15(16)11-5-7-12(21-3)8-6-11/h4,9,11-12H,5-8H2,1-3H3,(H2,16,18)(H2,17,19,20)/b13-4+. The second kappa shape index (κ2) is 7.26. The van der Waals surface area contributed by atoms with Gasteiger partial charge in [0, 0.05) is 24.8 Å². The maximum absolute atomic E-state index is 6.17. The highest BCUT2D eigenvalue weighted by Crippen LogP contribution is 2.26. The second-order valence-corrected chi connectivity index (χ2v) is 5.48. The van der Waals surface area contributed by atoms with Crippen molar-refractivity contribution in [1.29, 1.82) is 0 Å². The number of amidine groups is 1. The number of nitrogens with one attached hydrogen (secondary N) is 2.